The lowest BCUT2D eigenvalue weighted by molar-refractivity contribution is -0.130. The average molecular weight is 308 g/mol. The van der Waals surface area contributed by atoms with Crippen molar-refractivity contribution < 1.29 is 4.79 Å². The Morgan fingerprint density at radius 2 is 1.74 bits per heavy atom. The van der Waals surface area contributed by atoms with Gasteiger partial charge in [0.2, 0.25) is 5.91 Å². The van der Waals surface area contributed by atoms with Gasteiger partial charge in [-0.15, -0.1) is 0 Å². The standard InChI is InChI=1S/C20H24N2O/c21-19-10-8-16(9-11-19)15-20(23)22-13-4-7-18(12-14-22)17-5-2-1-3-6-17/h1-3,5-6,8-11,18H,4,7,12-15,21H2. The number of carbonyl (C=O) groups is 1. The summed E-state index contributed by atoms with van der Waals surface area (Å²) in [4.78, 5) is 14.6. The molecule has 2 N–H and O–H groups in total. The van der Waals surface area contributed by atoms with Gasteiger partial charge in [-0.25, -0.2) is 0 Å². The van der Waals surface area contributed by atoms with Crippen molar-refractivity contribution in [3.63, 3.8) is 0 Å². The summed E-state index contributed by atoms with van der Waals surface area (Å²) in [5.74, 6) is 0.800. The van der Waals surface area contributed by atoms with Gasteiger partial charge in [0.05, 0.1) is 6.42 Å². The van der Waals surface area contributed by atoms with E-state index in [9.17, 15) is 4.79 Å². The maximum atomic E-state index is 12.5. The highest BCUT2D eigenvalue weighted by Gasteiger charge is 2.21. The maximum absolute atomic E-state index is 12.5. The molecule has 3 nitrogen and oxygen atoms in total. The molecule has 23 heavy (non-hydrogen) atoms. The molecule has 0 saturated carbocycles. The fraction of sp³-hybridized carbons (Fsp3) is 0.350. The number of anilines is 1. The minimum atomic E-state index is 0.225. The number of hydrogen-bond acceptors (Lipinski definition) is 2. The van der Waals surface area contributed by atoms with E-state index in [1.54, 1.807) is 0 Å². The van der Waals surface area contributed by atoms with Gasteiger partial charge in [0.15, 0.2) is 0 Å². The Morgan fingerprint density at radius 3 is 2.48 bits per heavy atom. The Hall–Kier alpha value is -2.29. The van der Waals surface area contributed by atoms with Crippen molar-refractivity contribution in [2.24, 2.45) is 0 Å². The highest BCUT2D eigenvalue weighted by Crippen LogP contribution is 2.28. The summed E-state index contributed by atoms with van der Waals surface area (Å²) in [5, 5.41) is 0. The van der Waals surface area contributed by atoms with E-state index in [0.717, 1.165) is 43.6 Å². The van der Waals surface area contributed by atoms with E-state index in [1.165, 1.54) is 5.56 Å². The molecule has 1 fully saturated rings. The van der Waals surface area contributed by atoms with Crippen molar-refractivity contribution >= 4 is 11.6 Å². The highest BCUT2D eigenvalue weighted by atomic mass is 16.2. The van der Waals surface area contributed by atoms with Crippen molar-refractivity contribution in [1.29, 1.82) is 0 Å². The molecular formula is C20H24N2O. The fourth-order valence-electron chi connectivity index (χ4n) is 3.33. The Bertz CT molecular complexity index is 636. The number of nitrogens with two attached hydrogens (primary N) is 1. The number of nitrogens with zero attached hydrogens (tertiary/aromatic N) is 1. The van der Waals surface area contributed by atoms with Crippen LogP contribution in [0.4, 0.5) is 5.69 Å². The number of likely N-dealkylation sites (tertiary alicyclic amines) is 1. The average Bonchev–Trinajstić information content (AvgIpc) is 2.84. The Morgan fingerprint density at radius 1 is 1.00 bits per heavy atom. The van der Waals surface area contributed by atoms with Gasteiger partial charge >= 0.3 is 0 Å². The van der Waals surface area contributed by atoms with Crippen LogP contribution in [0.5, 0.6) is 0 Å². The topological polar surface area (TPSA) is 46.3 Å². The summed E-state index contributed by atoms with van der Waals surface area (Å²) < 4.78 is 0. The van der Waals surface area contributed by atoms with E-state index < -0.39 is 0 Å². The van der Waals surface area contributed by atoms with Crippen LogP contribution < -0.4 is 5.73 Å². The molecular weight excluding hydrogens is 284 g/mol. The smallest absolute Gasteiger partial charge is 0.226 e. The summed E-state index contributed by atoms with van der Waals surface area (Å²) in [6.07, 6.45) is 3.76. The number of hydrogen-bond donors (Lipinski definition) is 1. The summed E-state index contributed by atoms with van der Waals surface area (Å²) in [5.41, 5.74) is 8.87. The first-order chi connectivity index (χ1) is 11.2. The minimum absolute atomic E-state index is 0.225. The van der Waals surface area contributed by atoms with E-state index in [1.807, 2.05) is 29.2 Å². The van der Waals surface area contributed by atoms with E-state index in [-0.39, 0.29) is 5.91 Å². The second-order valence-corrected chi connectivity index (χ2v) is 6.34. The number of benzene rings is 2. The van der Waals surface area contributed by atoms with Crippen molar-refractivity contribution in [1.82, 2.24) is 4.90 Å². The fourth-order valence-corrected chi connectivity index (χ4v) is 3.33. The van der Waals surface area contributed by atoms with Crippen LogP contribution in [0.25, 0.3) is 0 Å². The Labute approximate surface area is 138 Å². The van der Waals surface area contributed by atoms with Crippen LogP contribution >= 0.6 is 0 Å². The lowest BCUT2D eigenvalue weighted by atomic mass is 9.92. The maximum Gasteiger partial charge on any atom is 0.226 e. The first-order valence-electron chi connectivity index (χ1n) is 8.39. The zero-order valence-electron chi connectivity index (χ0n) is 13.4. The second kappa shape index (κ2) is 7.32. The summed E-state index contributed by atoms with van der Waals surface area (Å²) in [6.45, 7) is 1.73. The molecule has 1 atom stereocenters. The molecule has 0 spiro atoms. The van der Waals surface area contributed by atoms with Crippen LogP contribution in [0.3, 0.4) is 0 Å². The first kappa shape index (κ1) is 15.6. The van der Waals surface area contributed by atoms with E-state index in [2.05, 4.69) is 30.3 Å². The quantitative estimate of drug-likeness (QED) is 0.881. The predicted molar refractivity (Wildman–Crippen MR) is 94.2 cm³/mol. The molecule has 1 aliphatic heterocycles. The van der Waals surface area contributed by atoms with Crippen LogP contribution in [0.2, 0.25) is 0 Å². The van der Waals surface area contributed by atoms with Crippen LogP contribution in [0, 0.1) is 0 Å². The summed E-state index contributed by atoms with van der Waals surface area (Å²) >= 11 is 0. The van der Waals surface area contributed by atoms with Gasteiger partial charge in [0, 0.05) is 18.8 Å². The molecule has 120 valence electrons. The highest BCUT2D eigenvalue weighted by molar-refractivity contribution is 5.79. The van der Waals surface area contributed by atoms with Crippen LogP contribution in [-0.4, -0.2) is 23.9 Å². The zero-order chi connectivity index (χ0) is 16.1. The largest absolute Gasteiger partial charge is 0.399 e. The lowest BCUT2D eigenvalue weighted by Crippen LogP contribution is -2.33. The molecule has 0 radical (unpaired) electrons. The van der Waals surface area contributed by atoms with Crippen LogP contribution in [-0.2, 0) is 11.2 Å². The molecule has 1 aliphatic rings. The van der Waals surface area contributed by atoms with Gasteiger partial charge in [0.25, 0.3) is 0 Å². The Kier molecular flexibility index (Phi) is 4.96. The molecule has 0 bridgehead atoms. The molecule has 3 heteroatoms. The van der Waals surface area contributed by atoms with Crippen molar-refractivity contribution in [2.75, 3.05) is 18.8 Å². The third kappa shape index (κ3) is 4.13. The first-order valence-corrected chi connectivity index (χ1v) is 8.39. The molecule has 0 aliphatic carbocycles. The van der Waals surface area contributed by atoms with E-state index in [0.29, 0.717) is 12.3 Å². The van der Waals surface area contributed by atoms with Gasteiger partial charge in [-0.05, 0) is 48.4 Å². The second-order valence-electron chi connectivity index (χ2n) is 6.34. The van der Waals surface area contributed by atoms with E-state index in [4.69, 9.17) is 5.73 Å². The third-order valence-electron chi connectivity index (χ3n) is 4.69. The van der Waals surface area contributed by atoms with Gasteiger partial charge < -0.3 is 10.6 Å². The predicted octanol–water partition coefficient (Wildman–Crippen LogP) is 3.61. The van der Waals surface area contributed by atoms with Crippen molar-refractivity contribution in [2.45, 2.75) is 31.6 Å². The Balaban J connectivity index is 1.59. The van der Waals surface area contributed by atoms with Crippen LogP contribution in [0.1, 0.15) is 36.3 Å². The van der Waals surface area contributed by atoms with Gasteiger partial charge in [-0.1, -0.05) is 42.5 Å². The van der Waals surface area contributed by atoms with Crippen molar-refractivity contribution in [3.8, 4) is 0 Å². The molecule has 2 aromatic rings. The van der Waals surface area contributed by atoms with E-state index >= 15 is 0 Å². The molecule has 0 aromatic heterocycles. The molecule has 1 heterocycles. The molecule has 1 unspecified atom stereocenters. The van der Waals surface area contributed by atoms with Crippen molar-refractivity contribution in [3.05, 3.63) is 65.7 Å². The molecule has 3 rings (SSSR count). The van der Waals surface area contributed by atoms with Gasteiger partial charge in [0.1, 0.15) is 0 Å². The molecule has 2 aromatic carbocycles. The van der Waals surface area contributed by atoms with Gasteiger partial charge in [-0.3, -0.25) is 4.79 Å². The summed E-state index contributed by atoms with van der Waals surface area (Å²) in [7, 11) is 0. The molecule has 1 saturated heterocycles. The SMILES string of the molecule is Nc1ccc(CC(=O)N2CCCC(c3ccccc3)CC2)cc1. The number of carbonyl (C=O) groups excluding carboxylic acids is 1. The zero-order valence-corrected chi connectivity index (χ0v) is 13.4. The molecule has 1 amide bonds. The van der Waals surface area contributed by atoms with Crippen LogP contribution in [0.15, 0.2) is 54.6 Å². The summed E-state index contributed by atoms with van der Waals surface area (Å²) in [6, 6.07) is 18.3. The number of rotatable bonds is 3. The third-order valence-corrected chi connectivity index (χ3v) is 4.69. The lowest BCUT2D eigenvalue weighted by Gasteiger charge is -2.21. The minimum Gasteiger partial charge on any atom is -0.399 e. The number of amides is 1. The van der Waals surface area contributed by atoms with Gasteiger partial charge in [-0.2, -0.15) is 0 Å². The normalized spacial score (nSPS) is 18.4. The monoisotopic (exact) mass is 308 g/mol. The number of nitrogen functional groups attached to an aromatic ring is 1.